The molecule has 0 atom stereocenters. The monoisotopic (exact) mass is 275 g/mol. The Kier molecular flexibility index (Phi) is 4.14. The number of nitrogens with one attached hydrogen (secondary N) is 1. The van der Waals surface area contributed by atoms with E-state index in [1.54, 1.807) is 0 Å². The number of benzene rings is 1. The van der Waals surface area contributed by atoms with Gasteiger partial charge in [0.15, 0.2) is 5.76 Å². The Bertz CT molecular complexity index is 613. The number of carbonyl (C=O) groups excluding carboxylic acids is 1. The zero-order valence-electron chi connectivity index (χ0n) is 12.2. The highest BCUT2D eigenvalue weighted by Gasteiger charge is 2.21. The number of hydrogen-bond donors (Lipinski definition) is 2. The average molecular weight is 275 g/mol. The molecule has 0 radical (unpaired) electrons. The van der Waals surface area contributed by atoms with Crippen molar-refractivity contribution < 1.29 is 14.3 Å². The lowest BCUT2D eigenvalue weighted by atomic mass is 9.90. The summed E-state index contributed by atoms with van der Waals surface area (Å²) in [5.74, 6) is 0.163. The Labute approximate surface area is 118 Å². The van der Waals surface area contributed by atoms with Crippen molar-refractivity contribution in [1.29, 1.82) is 0 Å². The van der Waals surface area contributed by atoms with Crippen molar-refractivity contribution in [2.45, 2.75) is 27.2 Å². The number of para-hydroxylation sites is 1. The van der Waals surface area contributed by atoms with Gasteiger partial charge < -0.3 is 14.8 Å². The van der Waals surface area contributed by atoms with E-state index >= 15 is 0 Å². The van der Waals surface area contributed by atoms with Gasteiger partial charge in [0, 0.05) is 24.1 Å². The van der Waals surface area contributed by atoms with Gasteiger partial charge >= 0.3 is 0 Å². The Hall–Kier alpha value is -1.81. The van der Waals surface area contributed by atoms with E-state index in [-0.39, 0.29) is 17.9 Å². The van der Waals surface area contributed by atoms with Gasteiger partial charge in [-0.2, -0.15) is 0 Å². The van der Waals surface area contributed by atoms with Crippen molar-refractivity contribution in [2.24, 2.45) is 5.41 Å². The van der Waals surface area contributed by atoms with Gasteiger partial charge in [-0.05, 0) is 24.8 Å². The maximum atomic E-state index is 12.2. The smallest absolute Gasteiger partial charge is 0.287 e. The van der Waals surface area contributed by atoms with Gasteiger partial charge in [0.05, 0.1) is 0 Å². The number of aliphatic hydroxyl groups is 1. The molecule has 0 bridgehead atoms. The molecule has 4 heteroatoms. The second kappa shape index (κ2) is 5.67. The molecule has 2 aromatic rings. The Morgan fingerprint density at radius 2 is 2.05 bits per heavy atom. The highest BCUT2D eigenvalue weighted by Crippen LogP contribution is 2.25. The fourth-order valence-corrected chi connectivity index (χ4v) is 2.18. The number of aryl methyl sites for hydroxylation is 1. The first-order valence-electron chi connectivity index (χ1n) is 6.82. The maximum Gasteiger partial charge on any atom is 0.287 e. The molecule has 0 unspecified atom stereocenters. The molecule has 1 aromatic carbocycles. The van der Waals surface area contributed by atoms with Crippen molar-refractivity contribution in [3.8, 4) is 0 Å². The number of rotatable bonds is 5. The lowest BCUT2D eigenvalue weighted by molar-refractivity contribution is 0.0902. The molecule has 0 aliphatic rings. The molecule has 0 spiro atoms. The quantitative estimate of drug-likeness (QED) is 0.882. The van der Waals surface area contributed by atoms with Crippen molar-refractivity contribution >= 4 is 16.9 Å². The largest absolute Gasteiger partial charge is 0.451 e. The predicted molar refractivity (Wildman–Crippen MR) is 78.8 cm³/mol. The van der Waals surface area contributed by atoms with Gasteiger partial charge in [-0.3, -0.25) is 4.79 Å². The van der Waals surface area contributed by atoms with Crippen LogP contribution in [0.5, 0.6) is 0 Å². The van der Waals surface area contributed by atoms with Crippen LogP contribution in [-0.2, 0) is 0 Å². The molecule has 0 aliphatic heterocycles. The minimum Gasteiger partial charge on any atom is -0.451 e. The van der Waals surface area contributed by atoms with Crippen molar-refractivity contribution in [2.75, 3.05) is 13.2 Å². The van der Waals surface area contributed by atoms with Gasteiger partial charge in [0.2, 0.25) is 0 Å². The third kappa shape index (κ3) is 3.02. The van der Waals surface area contributed by atoms with E-state index in [2.05, 4.69) is 5.32 Å². The van der Waals surface area contributed by atoms with Crippen LogP contribution >= 0.6 is 0 Å². The van der Waals surface area contributed by atoms with Crippen LogP contribution in [-0.4, -0.2) is 24.2 Å². The summed E-state index contributed by atoms with van der Waals surface area (Å²) in [6, 6.07) is 7.61. The van der Waals surface area contributed by atoms with Crippen LogP contribution in [0, 0.1) is 12.3 Å². The SMILES string of the molecule is Cc1c(C(=O)NCC(C)(C)CCO)oc2ccccc12. The summed E-state index contributed by atoms with van der Waals surface area (Å²) < 4.78 is 5.62. The molecule has 20 heavy (non-hydrogen) atoms. The summed E-state index contributed by atoms with van der Waals surface area (Å²) in [4.78, 5) is 12.2. The molecular weight excluding hydrogens is 254 g/mol. The van der Waals surface area contributed by atoms with E-state index in [0.29, 0.717) is 18.7 Å². The molecular formula is C16H21NO3. The average Bonchev–Trinajstić information content (AvgIpc) is 2.74. The van der Waals surface area contributed by atoms with Gasteiger partial charge in [0.25, 0.3) is 5.91 Å². The van der Waals surface area contributed by atoms with E-state index < -0.39 is 0 Å². The summed E-state index contributed by atoms with van der Waals surface area (Å²) in [5, 5.41) is 12.8. The number of furan rings is 1. The van der Waals surface area contributed by atoms with E-state index in [4.69, 9.17) is 9.52 Å². The van der Waals surface area contributed by atoms with Crippen molar-refractivity contribution in [3.05, 3.63) is 35.6 Å². The van der Waals surface area contributed by atoms with Gasteiger partial charge in [-0.15, -0.1) is 0 Å². The number of hydrogen-bond acceptors (Lipinski definition) is 3. The van der Waals surface area contributed by atoms with Crippen molar-refractivity contribution in [3.63, 3.8) is 0 Å². The number of amides is 1. The first-order valence-corrected chi connectivity index (χ1v) is 6.82. The molecule has 0 saturated carbocycles. The molecule has 2 N–H and O–H groups in total. The molecule has 4 nitrogen and oxygen atoms in total. The standard InChI is InChI=1S/C16H21NO3/c1-11-12-6-4-5-7-13(12)20-14(11)15(19)17-10-16(2,3)8-9-18/h4-7,18H,8-10H2,1-3H3,(H,17,19). The highest BCUT2D eigenvalue weighted by molar-refractivity contribution is 5.98. The first-order chi connectivity index (χ1) is 9.44. The van der Waals surface area contributed by atoms with Crippen LogP contribution in [0.4, 0.5) is 0 Å². The van der Waals surface area contributed by atoms with Crippen LogP contribution in [0.3, 0.4) is 0 Å². The second-order valence-corrected chi connectivity index (χ2v) is 5.87. The van der Waals surface area contributed by atoms with Crippen LogP contribution < -0.4 is 5.32 Å². The van der Waals surface area contributed by atoms with Crippen LogP contribution in [0.2, 0.25) is 0 Å². The molecule has 0 fully saturated rings. The summed E-state index contributed by atoms with van der Waals surface area (Å²) in [6.07, 6.45) is 0.645. The topological polar surface area (TPSA) is 62.5 Å². The summed E-state index contributed by atoms with van der Waals surface area (Å²) >= 11 is 0. The Morgan fingerprint density at radius 1 is 1.35 bits per heavy atom. The molecule has 0 aliphatic carbocycles. The van der Waals surface area contributed by atoms with E-state index in [0.717, 1.165) is 16.5 Å². The third-order valence-electron chi connectivity index (χ3n) is 3.57. The molecule has 1 amide bonds. The predicted octanol–water partition coefficient (Wildman–Crippen LogP) is 2.88. The van der Waals surface area contributed by atoms with E-state index in [1.807, 2.05) is 45.0 Å². The van der Waals surface area contributed by atoms with Gasteiger partial charge in [-0.25, -0.2) is 0 Å². The molecule has 1 aromatic heterocycles. The Morgan fingerprint density at radius 3 is 2.70 bits per heavy atom. The minimum atomic E-state index is -0.204. The summed E-state index contributed by atoms with van der Waals surface area (Å²) in [7, 11) is 0. The Balaban J connectivity index is 2.14. The first kappa shape index (κ1) is 14.6. The van der Waals surface area contributed by atoms with E-state index in [1.165, 1.54) is 0 Å². The van der Waals surface area contributed by atoms with Crippen LogP contribution in [0.15, 0.2) is 28.7 Å². The zero-order chi connectivity index (χ0) is 14.8. The fraction of sp³-hybridized carbons (Fsp3) is 0.438. The highest BCUT2D eigenvalue weighted by atomic mass is 16.3. The fourth-order valence-electron chi connectivity index (χ4n) is 2.18. The molecule has 108 valence electrons. The number of aliphatic hydroxyl groups excluding tert-OH is 1. The zero-order valence-corrected chi connectivity index (χ0v) is 12.2. The lowest BCUT2D eigenvalue weighted by Gasteiger charge is -2.23. The van der Waals surface area contributed by atoms with Gasteiger partial charge in [0.1, 0.15) is 5.58 Å². The van der Waals surface area contributed by atoms with E-state index in [9.17, 15) is 4.79 Å². The summed E-state index contributed by atoms with van der Waals surface area (Å²) in [6.45, 7) is 6.53. The third-order valence-corrected chi connectivity index (χ3v) is 3.57. The molecule has 2 rings (SSSR count). The summed E-state index contributed by atoms with van der Waals surface area (Å²) in [5.41, 5.74) is 1.45. The lowest BCUT2D eigenvalue weighted by Crippen LogP contribution is -2.34. The molecule has 1 heterocycles. The van der Waals surface area contributed by atoms with Crippen LogP contribution in [0.1, 0.15) is 36.4 Å². The number of fused-ring (bicyclic) bond motifs is 1. The van der Waals surface area contributed by atoms with Gasteiger partial charge in [-0.1, -0.05) is 32.0 Å². The number of carbonyl (C=O) groups is 1. The maximum absolute atomic E-state index is 12.2. The normalized spacial score (nSPS) is 11.8. The van der Waals surface area contributed by atoms with Crippen LogP contribution in [0.25, 0.3) is 11.0 Å². The second-order valence-electron chi connectivity index (χ2n) is 5.87. The minimum absolute atomic E-state index is 0.118. The molecule has 0 saturated heterocycles. The van der Waals surface area contributed by atoms with Crippen molar-refractivity contribution in [1.82, 2.24) is 5.32 Å².